The number of para-hydroxylation sites is 1. The van der Waals surface area contributed by atoms with Crippen molar-refractivity contribution in [2.45, 2.75) is 19.3 Å². The molecule has 1 atom stereocenters. The molecule has 1 unspecified atom stereocenters. The normalized spacial score (nSPS) is 11.4. The maximum Gasteiger partial charge on any atom is 0.307 e. The van der Waals surface area contributed by atoms with Crippen LogP contribution in [-0.2, 0) is 9.53 Å². The molecule has 0 radical (unpaired) electrons. The van der Waals surface area contributed by atoms with Gasteiger partial charge in [0.25, 0.3) is 0 Å². The Labute approximate surface area is 101 Å². The molecule has 0 aliphatic rings. The van der Waals surface area contributed by atoms with Gasteiger partial charge < -0.3 is 9.47 Å². The molecule has 0 saturated carbocycles. The molecule has 0 aromatic heterocycles. The van der Waals surface area contributed by atoms with Crippen molar-refractivity contribution in [2.24, 2.45) is 0 Å². The highest BCUT2D eigenvalue weighted by Crippen LogP contribution is 2.28. The molecule has 0 amide bonds. The van der Waals surface area contributed by atoms with Gasteiger partial charge in [0.05, 0.1) is 32.1 Å². The monoisotopic (exact) mass is 233 g/mol. The minimum absolute atomic E-state index is 0.0388. The highest BCUT2D eigenvalue weighted by Gasteiger charge is 2.19. The second-order valence-electron chi connectivity index (χ2n) is 3.43. The zero-order valence-electron chi connectivity index (χ0n) is 9.97. The number of methoxy groups -OCH3 is 1. The molecule has 4 heteroatoms. The van der Waals surface area contributed by atoms with E-state index >= 15 is 0 Å². The van der Waals surface area contributed by atoms with E-state index in [2.05, 4.69) is 10.8 Å². The first-order valence-corrected chi connectivity index (χ1v) is 5.41. The van der Waals surface area contributed by atoms with Crippen molar-refractivity contribution in [3.63, 3.8) is 0 Å². The third-order valence-corrected chi connectivity index (χ3v) is 2.35. The van der Waals surface area contributed by atoms with Crippen LogP contribution in [0.25, 0.3) is 0 Å². The lowest BCUT2D eigenvalue weighted by Crippen LogP contribution is -2.08. The van der Waals surface area contributed by atoms with Gasteiger partial charge >= 0.3 is 5.97 Å². The summed E-state index contributed by atoms with van der Waals surface area (Å²) in [6.07, 6.45) is 0.0388. The number of carbonyl (C=O) groups is 1. The Kier molecular flexibility index (Phi) is 5.02. The van der Waals surface area contributed by atoms with Gasteiger partial charge in [0, 0.05) is 5.56 Å². The highest BCUT2D eigenvalue weighted by molar-refractivity contribution is 5.71. The van der Waals surface area contributed by atoms with E-state index in [0.717, 1.165) is 5.56 Å². The van der Waals surface area contributed by atoms with Crippen LogP contribution in [0.3, 0.4) is 0 Å². The van der Waals surface area contributed by atoms with Crippen LogP contribution >= 0.6 is 0 Å². The molecule has 17 heavy (non-hydrogen) atoms. The van der Waals surface area contributed by atoms with Crippen molar-refractivity contribution in [1.82, 2.24) is 0 Å². The van der Waals surface area contributed by atoms with Gasteiger partial charge in [0.2, 0.25) is 0 Å². The lowest BCUT2D eigenvalue weighted by Gasteiger charge is -2.13. The van der Waals surface area contributed by atoms with Crippen molar-refractivity contribution in [3.8, 4) is 11.8 Å². The van der Waals surface area contributed by atoms with Crippen LogP contribution in [0.2, 0.25) is 0 Å². The molecule has 0 N–H and O–H groups in total. The van der Waals surface area contributed by atoms with Crippen molar-refractivity contribution in [1.29, 1.82) is 5.26 Å². The largest absolute Gasteiger partial charge is 0.494 e. The first kappa shape index (κ1) is 13.0. The molecular weight excluding hydrogens is 218 g/mol. The number of benzene rings is 1. The molecule has 0 fully saturated rings. The van der Waals surface area contributed by atoms with E-state index in [1.54, 1.807) is 12.1 Å². The lowest BCUT2D eigenvalue weighted by molar-refractivity contribution is -0.140. The SMILES string of the molecule is CCOc1ccccc1C(C#N)CC(=O)OC. The van der Waals surface area contributed by atoms with Gasteiger partial charge in [0.1, 0.15) is 5.75 Å². The summed E-state index contributed by atoms with van der Waals surface area (Å²) in [5, 5.41) is 9.10. The zero-order valence-corrected chi connectivity index (χ0v) is 9.97. The van der Waals surface area contributed by atoms with Crippen LogP contribution in [0.15, 0.2) is 24.3 Å². The number of esters is 1. The molecule has 1 aromatic carbocycles. The fourth-order valence-electron chi connectivity index (χ4n) is 1.53. The predicted octanol–water partition coefficient (Wildman–Crippen LogP) is 2.26. The molecule has 0 aliphatic heterocycles. The van der Waals surface area contributed by atoms with Crippen molar-refractivity contribution < 1.29 is 14.3 Å². The summed E-state index contributed by atoms with van der Waals surface area (Å²) in [6.45, 7) is 2.39. The Bertz CT molecular complexity index is 423. The van der Waals surface area contributed by atoms with Gasteiger partial charge in [-0.15, -0.1) is 0 Å². The standard InChI is InChI=1S/C13H15NO3/c1-3-17-12-7-5-4-6-11(12)10(9-14)8-13(15)16-2/h4-7,10H,3,8H2,1-2H3. The van der Waals surface area contributed by atoms with Gasteiger partial charge in [-0.25, -0.2) is 0 Å². The van der Waals surface area contributed by atoms with Crippen molar-refractivity contribution in [3.05, 3.63) is 29.8 Å². The average Bonchev–Trinajstić information content (AvgIpc) is 2.37. The predicted molar refractivity (Wildman–Crippen MR) is 62.6 cm³/mol. The maximum atomic E-state index is 11.2. The molecule has 0 aliphatic carbocycles. The summed E-state index contributed by atoms with van der Waals surface area (Å²) in [4.78, 5) is 11.2. The smallest absolute Gasteiger partial charge is 0.307 e. The van der Waals surface area contributed by atoms with Gasteiger partial charge in [0.15, 0.2) is 0 Å². The molecule has 4 nitrogen and oxygen atoms in total. The minimum Gasteiger partial charge on any atom is -0.494 e. The minimum atomic E-state index is -0.537. The number of nitrogens with zero attached hydrogens (tertiary/aromatic N) is 1. The highest BCUT2D eigenvalue weighted by atomic mass is 16.5. The molecule has 90 valence electrons. The third kappa shape index (κ3) is 3.49. The number of hydrogen-bond donors (Lipinski definition) is 0. The molecule has 0 bridgehead atoms. The molecule has 0 spiro atoms. The van der Waals surface area contributed by atoms with Crippen LogP contribution in [0.5, 0.6) is 5.75 Å². The third-order valence-electron chi connectivity index (χ3n) is 2.35. The zero-order chi connectivity index (χ0) is 12.7. The van der Waals surface area contributed by atoms with Gasteiger partial charge in [-0.3, -0.25) is 4.79 Å². The quantitative estimate of drug-likeness (QED) is 0.732. The number of carbonyl (C=O) groups excluding carboxylic acids is 1. The molecule has 0 saturated heterocycles. The summed E-state index contributed by atoms with van der Waals surface area (Å²) in [5.74, 6) is -0.293. The van der Waals surface area contributed by atoms with E-state index in [0.29, 0.717) is 12.4 Å². The van der Waals surface area contributed by atoms with Crippen LogP contribution in [0, 0.1) is 11.3 Å². The summed E-state index contributed by atoms with van der Waals surface area (Å²) in [5.41, 5.74) is 0.724. The number of hydrogen-bond acceptors (Lipinski definition) is 4. The van der Waals surface area contributed by atoms with E-state index in [9.17, 15) is 4.79 Å². The Balaban J connectivity index is 2.95. The van der Waals surface area contributed by atoms with Crippen LogP contribution in [0.4, 0.5) is 0 Å². The number of rotatable bonds is 5. The van der Waals surface area contributed by atoms with E-state index in [-0.39, 0.29) is 6.42 Å². The molecule has 1 aromatic rings. The second kappa shape index (κ2) is 6.54. The topological polar surface area (TPSA) is 59.3 Å². The molecular formula is C13H15NO3. The van der Waals surface area contributed by atoms with E-state index in [1.165, 1.54) is 7.11 Å². The Morgan fingerprint density at radius 1 is 1.47 bits per heavy atom. The molecule has 1 rings (SSSR count). The van der Waals surface area contributed by atoms with Gasteiger partial charge in [-0.05, 0) is 13.0 Å². The van der Waals surface area contributed by atoms with Gasteiger partial charge in [-0.1, -0.05) is 18.2 Å². The van der Waals surface area contributed by atoms with Crippen molar-refractivity contribution >= 4 is 5.97 Å². The average molecular weight is 233 g/mol. The van der Waals surface area contributed by atoms with Crippen LogP contribution in [-0.4, -0.2) is 19.7 Å². The number of nitriles is 1. The lowest BCUT2D eigenvalue weighted by atomic mass is 9.96. The fraction of sp³-hybridized carbons (Fsp3) is 0.385. The van der Waals surface area contributed by atoms with Gasteiger partial charge in [-0.2, -0.15) is 5.26 Å². The Morgan fingerprint density at radius 2 is 2.18 bits per heavy atom. The van der Waals surface area contributed by atoms with Crippen LogP contribution < -0.4 is 4.74 Å². The van der Waals surface area contributed by atoms with E-state index in [1.807, 2.05) is 19.1 Å². The summed E-state index contributed by atoms with van der Waals surface area (Å²) in [7, 11) is 1.31. The first-order chi connectivity index (χ1) is 8.22. The van der Waals surface area contributed by atoms with E-state index < -0.39 is 11.9 Å². The molecule has 0 heterocycles. The summed E-state index contributed by atoms with van der Waals surface area (Å²) < 4.78 is 10.0. The Morgan fingerprint density at radius 3 is 2.76 bits per heavy atom. The first-order valence-electron chi connectivity index (χ1n) is 5.41. The van der Waals surface area contributed by atoms with E-state index in [4.69, 9.17) is 10.00 Å². The van der Waals surface area contributed by atoms with Crippen LogP contribution in [0.1, 0.15) is 24.8 Å². The van der Waals surface area contributed by atoms with Crippen molar-refractivity contribution in [2.75, 3.05) is 13.7 Å². The summed E-state index contributed by atoms with van der Waals surface area (Å²) >= 11 is 0. The fourth-order valence-corrected chi connectivity index (χ4v) is 1.53. The maximum absolute atomic E-state index is 11.2. The Hall–Kier alpha value is -2.02. The summed E-state index contributed by atoms with van der Waals surface area (Å²) in [6, 6.07) is 9.34. The second-order valence-corrected chi connectivity index (χ2v) is 3.43. The number of ether oxygens (including phenoxy) is 2.